The fraction of sp³-hybridized carbons (Fsp3) is 0.316. The molecule has 1 saturated heterocycles. The van der Waals surface area contributed by atoms with E-state index < -0.39 is 5.91 Å². The summed E-state index contributed by atoms with van der Waals surface area (Å²) in [7, 11) is 1.51. The molecule has 1 aliphatic heterocycles. The second-order valence-electron chi connectivity index (χ2n) is 6.13. The summed E-state index contributed by atoms with van der Waals surface area (Å²) in [5, 5.41) is 3.17. The molecule has 0 saturated carbocycles. The Morgan fingerprint density at radius 3 is 2.63 bits per heavy atom. The van der Waals surface area contributed by atoms with E-state index in [1.54, 1.807) is 29.3 Å². The quantitative estimate of drug-likeness (QED) is 0.796. The molecule has 3 rings (SSSR count). The van der Waals surface area contributed by atoms with Crippen molar-refractivity contribution in [1.82, 2.24) is 9.88 Å². The molecule has 142 valence electrons. The van der Waals surface area contributed by atoms with Gasteiger partial charge < -0.3 is 19.9 Å². The molecule has 7 nitrogen and oxygen atoms in total. The highest BCUT2D eigenvalue weighted by Gasteiger charge is 2.23. The molecule has 0 unspecified atom stereocenters. The van der Waals surface area contributed by atoms with E-state index >= 15 is 0 Å². The van der Waals surface area contributed by atoms with Crippen molar-refractivity contribution < 1.29 is 14.3 Å². The molecule has 0 atom stereocenters. The number of anilines is 2. The number of piperazine rings is 1. The zero-order valence-electron chi connectivity index (χ0n) is 15.0. The number of methoxy groups -OCH3 is 1. The largest absolute Gasteiger partial charge is 0.495 e. The van der Waals surface area contributed by atoms with Crippen LogP contribution in [0.25, 0.3) is 0 Å². The van der Waals surface area contributed by atoms with Crippen LogP contribution in [-0.2, 0) is 9.59 Å². The molecule has 1 N–H and O–H groups in total. The van der Waals surface area contributed by atoms with Crippen LogP contribution in [0, 0.1) is 0 Å². The Balaban J connectivity index is 1.52. The number of hydrogen-bond donors (Lipinski definition) is 1. The van der Waals surface area contributed by atoms with Gasteiger partial charge in [-0.3, -0.25) is 9.59 Å². The van der Waals surface area contributed by atoms with Gasteiger partial charge in [-0.25, -0.2) is 4.98 Å². The average molecular weight is 389 g/mol. The Labute approximate surface area is 162 Å². The Morgan fingerprint density at radius 1 is 1.19 bits per heavy atom. The fourth-order valence-electron chi connectivity index (χ4n) is 2.95. The predicted molar refractivity (Wildman–Crippen MR) is 104 cm³/mol. The van der Waals surface area contributed by atoms with Crippen LogP contribution in [0.1, 0.15) is 6.42 Å². The first-order valence-electron chi connectivity index (χ1n) is 8.64. The molecular formula is C19H21ClN4O3. The topological polar surface area (TPSA) is 74.8 Å². The minimum Gasteiger partial charge on any atom is -0.495 e. The van der Waals surface area contributed by atoms with Gasteiger partial charge in [0.1, 0.15) is 18.0 Å². The molecule has 27 heavy (non-hydrogen) atoms. The molecule has 1 aliphatic rings. The summed E-state index contributed by atoms with van der Waals surface area (Å²) in [4.78, 5) is 32.8. The van der Waals surface area contributed by atoms with Crippen molar-refractivity contribution in [2.24, 2.45) is 0 Å². The Bertz CT molecular complexity index is 808. The van der Waals surface area contributed by atoms with Crippen LogP contribution in [0.5, 0.6) is 5.75 Å². The van der Waals surface area contributed by atoms with Crippen molar-refractivity contribution >= 4 is 34.9 Å². The summed E-state index contributed by atoms with van der Waals surface area (Å²) in [6.45, 7) is 2.49. The van der Waals surface area contributed by atoms with Crippen LogP contribution < -0.4 is 15.0 Å². The van der Waals surface area contributed by atoms with Crippen LogP contribution in [-0.4, -0.2) is 55.0 Å². The molecule has 2 heterocycles. The number of amides is 2. The van der Waals surface area contributed by atoms with Crippen molar-refractivity contribution in [3.8, 4) is 5.75 Å². The first-order chi connectivity index (χ1) is 13.1. The van der Waals surface area contributed by atoms with Gasteiger partial charge in [-0.05, 0) is 30.3 Å². The number of rotatable bonds is 5. The van der Waals surface area contributed by atoms with Gasteiger partial charge in [-0.1, -0.05) is 17.7 Å². The maximum absolute atomic E-state index is 12.4. The normalized spacial score (nSPS) is 14.0. The van der Waals surface area contributed by atoms with E-state index in [2.05, 4.69) is 15.2 Å². The highest BCUT2D eigenvalue weighted by Crippen LogP contribution is 2.27. The van der Waals surface area contributed by atoms with E-state index in [9.17, 15) is 9.59 Å². The highest BCUT2D eigenvalue weighted by molar-refractivity contribution is 6.31. The molecule has 2 aromatic rings. The average Bonchev–Trinajstić information content (AvgIpc) is 2.69. The lowest BCUT2D eigenvalue weighted by Gasteiger charge is -2.35. The van der Waals surface area contributed by atoms with Gasteiger partial charge in [-0.2, -0.15) is 0 Å². The third-order valence-electron chi connectivity index (χ3n) is 4.35. The van der Waals surface area contributed by atoms with Gasteiger partial charge >= 0.3 is 0 Å². The zero-order chi connectivity index (χ0) is 19.2. The summed E-state index contributed by atoms with van der Waals surface area (Å²) in [5.74, 6) is 0.793. The summed E-state index contributed by atoms with van der Waals surface area (Å²) in [6.07, 6.45) is 1.53. The number of benzene rings is 1. The first-order valence-corrected chi connectivity index (χ1v) is 9.02. The predicted octanol–water partition coefficient (Wildman–Crippen LogP) is 2.42. The molecule has 1 aromatic carbocycles. The summed E-state index contributed by atoms with van der Waals surface area (Å²) < 4.78 is 5.20. The van der Waals surface area contributed by atoms with Gasteiger partial charge in [-0.15, -0.1) is 0 Å². The lowest BCUT2D eigenvalue weighted by molar-refractivity contribution is -0.134. The van der Waals surface area contributed by atoms with Gasteiger partial charge in [0.25, 0.3) is 0 Å². The number of hydrogen-bond acceptors (Lipinski definition) is 5. The van der Waals surface area contributed by atoms with Crippen LogP contribution in [0.15, 0.2) is 42.6 Å². The number of carbonyl (C=O) groups is 2. The number of nitrogens with one attached hydrogen (secondary N) is 1. The number of carbonyl (C=O) groups excluding carboxylic acids is 2. The van der Waals surface area contributed by atoms with Crippen LogP contribution in [0.4, 0.5) is 11.5 Å². The molecule has 1 fully saturated rings. The van der Waals surface area contributed by atoms with E-state index in [0.717, 1.165) is 5.82 Å². The number of ether oxygens (including phenoxy) is 1. The lowest BCUT2D eigenvalue weighted by Crippen LogP contribution is -2.49. The zero-order valence-corrected chi connectivity index (χ0v) is 15.8. The van der Waals surface area contributed by atoms with E-state index in [-0.39, 0.29) is 12.3 Å². The monoisotopic (exact) mass is 388 g/mol. The minimum absolute atomic E-state index is 0.200. The Morgan fingerprint density at radius 2 is 1.96 bits per heavy atom. The summed E-state index contributed by atoms with van der Waals surface area (Å²) in [6, 6.07) is 10.7. The SMILES string of the molecule is COc1ccc(Cl)cc1NC(=O)CC(=O)N1CCN(c2ccccn2)CC1. The summed E-state index contributed by atoms with van der Waals surface area (Å²) in [5.41, 5.74) is 0.447. The molecule has 0 bridgehead atoms. The summed E-state index contributed by atoms with van der Waals surface area (Å²) >= 11 is 5.96. The Kier molecular flexibility index (Phi) is 6.13. The second-order valence-corrected chi connectivity index (χ2v) is 6.56. The van der Waals surface area contributed by atoms with Crippen LogP contribution >= 0.6 is 11.6 Å². The number of nitrogens with zero attached hydrogens (tertiary/aromatic N) is 3. The third-order valence-corrected chi connectivity index (χ3v) is 4.59. The van der Waals surface area contributed by atoms with Gasteiger partial charge in [0, 0.05) is 37.4 Å². The molecule has 0 radical (unpaired) electrons. The molecule has 1 aromatic heterocycles. The van der Waals surface area contributed by atoms with Gasteiger partial charge in [0.05, 0.1) is 12.8 Å². The third kappa shape index (κ3) is 4.89. The van der Waals surface area contributed by atoms with Crippen molar-refractivity contribution in [3.63, 3.8) is 0 Å². The lowest BCUT2D eigenvalue weighted by atomic mass is 10.2. The van der Waals surface area contributed by atoms with Crippen LogP contribution in [0.3, 0.4) is 0 Å². The molecule has 2 amide bonds. The fourth-order valence-corrected chi connectivity index (χ4v) is 3.12. The van der Waals surface area contributed by atoms with Crippen molar-refractivity contribution in [2.45, 2.75) is 6.42 Å². The molecular weight excluding hydrogens is 368 g/mol. The number of halogens is 1. The van der Waals surface area contributed by atoms with E-state index in [1.165, 1.54) is 7.11 Å². The number of pyridine rings is 1. The minimum atomic E-state index is -0.396. The number of aromatic nitrogens is 1. The standard InChI is InChI=1S/C19H21ClN4O3/c1-27-16-6-5-14(20)12-15(16)22-18(25)13-19(26)24-10-8-23(9-11-24)17-4-2-3-7-21-17/h2-7,12H,8-11,13H2,1H3,(H,22,25). The van der Waals surface area contributed by atoms with Gasteiger partial charge in [0.2, 0.25) is 11.8 Å². The molecule has 0 aliphatic carbocycles. The molecule has 8 heteroatoms. The Hall–Kier alpha value is -2.80. The maximum atomic E-state index is 12.4. The first kappa shape index (κ1) is 19.0. The van der Waals surface area contributed by atoms with Crippen LogP contribution in [0.2, 0.25) is 5.02 Å². The van der Waals surface area contributed by atoms with Crippen molar-refractivity contribution in [3.05, 3.63) is 47.6 Å². The maximum Gasteiger partial charge on any atom is 0.233 e. The van der Waals surface area contributed by atoms with Gasteiger partial charge in [0.15, 0.2) is 0 Å². The van der Waals surface area contributed by atoms with Crippen molar-refractivity contribution in [1.29, 1.82) is 0 Å². The second kappa shape index (κ2) is 8.73. The van der Waals surface area contributed by atoms with E-state index in [4.69, 9.17) is 16.3 Å². The highest BCUT2D eigenvalue weighted by atomic mass is 35.5. The van der Waals surface area contributed by atoms with E-state index in [1.807, 2.05) is 18.2 Å². The van der Waals surface area contributed by atoms with Crippen molar-refractivity contribution in [2.75, 3.05) is 43.5 Å². The smallest absolute Gasteiger partial charge is 0.233 e. The molecule has 0 spiro atoms. The van der Waals surface area contributed by atoms with E-state index in [0.29, 0.717) is 42.6 Å².